The summed E-state index contributed by atoms with van der Waals surface area (Å²) in [4.78, 5) is 64.9. The van der Waals surface area contributed by atoms with Crippen molar-refractivity contribution in [1.82, 2.24) is 0 Å². The highest BCUT2D eigenvalue weighted by molar-refractivity contribution is 5.60. The molecule has 0 aliphatic carbocycles. The first-order valence-electron chi connectivity index (χ1n) is 11.6. The van der Waals surface area contributed by atoms with E-state index in [1.54, 1.807) is 41.5 Å². The molecule has 0 atom stereocenters. The highest BCUT2D eigenvalue weighted by Gasteiger charge is 2.33. The largest absolute Gasteiger partial charge is 0.540 e. The number of carbonyl (C=O) groups is 3. The van der Waals surface area contributed by atoms with Gasteiger partial charge in [-0.25, -0.2) is 14.4 Å². The van der Waals surface area contributed by atoms with Gasteiger partial charge in [0.25, 0.3) is 0 Å². The van der Waals surface area contributed by atoms with E-state index in [2.05, 4.69) is 14.7 Å². The highest BCUT2D eigenvalue weighted by atomic mass is 17.2. The Labute approximate surface area is 207 Å². The fourth-order valence-corrected chi connectivity index (χ4v) is 1.51. The van der Waals surface area contributed by atoms with E-state index < -0.39 is 40.7 Å². The van der Waals surface area contributed by atoms with Crippen LogP contribution < -0.4 is 0 Å². The Hall–Kier alpha value is -2.31. The summed E-state index contributed by atoms with van der Waals surface area (Å²) >= 11 is 0. The van der Waals surface area contributed by atoms with Crippen LogP contribution in [0.3, 0.4) is 0 Å². The lowest BCUT2D eigenvalue weighted by Crippen LogP contribution is -2.38. The molecule has 0 aromatic rings. The maximum atomic E-state index is 11.9. The predicted molar refractivity (Wildman–Crippen MR) is 122 cm³/mol. The molecule has 0 saturated heterocycles. The topological polar surface area (TPSA) is 134 Å². The van der Waals surface area contributed by atoms with Crippen LogP contribution in [-0.2, 0) is 43.5 Å². The van der Waals surface area contributed by atoms with Crippen molar-refractivity contribution in [2.45, 2.75) is 105 Å². The van der Waals surface area contributed by atoms with Crippen molar-refractivity contribution >= 4 is 18.5 Å². The van der Waals surface area contributed by atoms with Gasteiger partial charge in [-0.2, -0.15) is 14.7 Å². The Morgan fingerprint density at radius 3 is 0.914 bits per heavy atom. The minimum Gasteiger partial charge on any atom is -0.431 e. The van der Waals surface area contributed by atoms with Gasteiger partial charge in [0.15, 0.2) is 0 Å². The monoisotopic (exact) mass is 510 g/mol. The van der Waals surface area contributed by atoms with Crippen LogP contribution in [0.1, 0.15) is 88.5 Å². The van der Waals surface area contributed by atoms with Gasteiger partial charge < -0.3 is 14.2 Å². The van der Waals surface area contributed by atoms with E-state index in [1.165, 1.54) is 6.92 Å². The molecule has 0 N–H and O–H groups in total. The molecule has 0 aliphatic rings. The van der Waals surface area contributed by atoms with E-state index in [4.69, 9.17) is 28.9 Å². The number of carbonyl (C=O) groups excluding carboxylic acids is 3. The molecule has 12 heteroatoms. The van der Waals surface area contributed by atoms with Gasteiger partial charge in [0.1, 0.15) is 36.6 Å². The Morgan fingerprint density at radius 1 is 0.486 bits per heavy atom. The summed E-state index contributed by atoms with van der Waals surface area (Å²) in [7, 11) is 0. The van der Waals surface area contributed by atoms with Gasteiger partial charge in [-0.1, -0.05) is 20.8 Å². The molecule has 0 radical (unpaired) electrons. The Morgan fingerprint density at radius 2 is 0.714 bits per heavy atom. The van der Waals surface area contributed by atoms with Crippen molar-refractivity contribution in [3.8, 4) is 0 Å². The quantitative estimate of drug-likeness (QED) is 0.114. The van der Waals surface area contributed by atoms with Crippen LogP contribution in [0.4, 0.5) is 14.4 Å². The van der Waals surface area contributed by atoms with Crippen molar-refractivity contribution < 1.29 is 57.9 Å². The molecule has 12 nitrogen and oxygen atoms in total. The molecule has 0 heterocycles. The van der Waals surface area contributed by atoms with E-state index in [1.807, 2.05) is 20.8 Å². The molecule has 0 bridgehead atoms. The number of hydrogen-bond donors (Lipinski definition) is 0. The maximum Gasteiger partial charge on any atom is 0.540 e. The SMILES string of the molecule is CCC(C)(C)OOC(=O)OCC(C)(COC(=O)OOC(C)(C)CC)COC(=O)OOC(C)(C)CC. The van der Waals surface area contributed by atoms with Gasteiger partial charge in [-0.3, -0.25) is 14.7 Å². The smallest absolute Gasteiger partial charge is 0.431 e. The van der Waals surface area contributed by atoms with E-state index in [0.29, 0.717) is 19.3 Å². The summed E-state index contributed by atoms with van der Waals surface area (Å²) in [5.41, 5.74) is -3.33. The third-order valence-corrected chi connectivity index (χ3v) is 5.18. The second kappa shape index (κ2) is 14.3. The summed E-state index contributed by atoms with van der Waals surface area (Å²) < 4.78 is 15.2. The normalized spacial score (nSPS) is 12.5. The van der Waals surface area contributed by atoms with Gasteiger partial charge in [-0.15, -0.1) is 0 Å². The molecule has 206 valence electrons. The number of rotatable bonds is 15. The Kier molecular flexibility index (Phi) is 13.4. The molecule has 0 unspecified atom stereocenters. The molecule has 0 fully saturated rings. The molecule has 0 rings (SSSR count). The molecular weight excluding hydrogens is 468 g/mol. The van der Waals surface area contributed by atoms with Gasteiger partial charge in [0.2, 0.25) is 0 Å². The van der Waals surface area contributed by atoms with Crippen LogP contribution in [0.15, 0.2) is 0 Å². The van der Waals surface area contributed by atoms with Gasteiger partial charge in [-0.05, 0) is 67.7 Å². The van der Waals surface area contributed by atoms with Gasteiger partial charge in [0, 0.05) is 0 Å². The first-order chi connectivity index (χ1) is 16.0. The molecular formula is C23H42O12. The molecule has 0 aromatic heterocycles. The van der Waals surface area contributed by atoms with Crippen molar-refractivity contribution in [3.63, 3.8) is 0 Å². The fraction of sp³-hybridized carbons (Fsp3) is 0.870. The molecule has 0 saturated carbocycles. The summed E-state index contributed by atoms with van der Waals surface area (Å²) in [6.45, 7) is 16.4. The molecule has 0 aliphatic heterocycles. The lowest BCUT2D eigenvalue weighted by molar-refractivity contribution is -0.322. The zero-order chi connectivity index (χ0) is 27.3. The van der Waals surface area contributed by atoms with Crippen LogP contribution in [0.2, 0.25) is 0 Å². The highest BCUT2D eigenvalue weighted by Crippen LogP contribution is 2.22. The van der Waals surface area contributed by atoms with Crippen LogP contribution in [0.25, 0.3) is 0 Å². The third kappa shape index (κ3) is 15.3. The van der Waals surface area contributed by atoms with Crippen molar-refractivity contribution in [3.05, 3.63) is 0 Å². The first-order valence-corrected chi connectivity index (χ1v) is 11.6. The van der Waals surface area contributed by atoms with Crippen LogP contribution in [0.5, 0.6) is 0 Å². The predicted octanol–water partition coefficient (Wildman–Crippen LogP) is 5.81. The van der Waals surface area contributed by atoms with E-state index in [9.17, 15) is 14.4 Å². The average molecular weight is 511 g/mol. The first kappa shape index (κ1) is 32.7. The van der Waals surface area contributed by atoms with E-state index in [0.717, 1.165) is 0 Å². The van der Waals surface area contributed by atoms with Crippen LogP contribution >= 0.6 is 0 Å². The van der Waals surface area contributed by atoms with E-state index >= 15 is 0 Å². The number of hydrogen-bond acceptors (Lipinski definition) is 12. The maximum absolute atomic E-state index is 11.9. The van der Waals surface area contributed by atoms with Crippen molar-refractivity contribution in [1.29, 1.82) is 0 Å². The van der Waals surface area contributed by atoms with Crippen molar-refractivity contribution in [2.24, 2.45) is 5.41 Å². The fourth-order valence-electron chi connectivity index (χ4n) is 1.51. The molecule has 0 amide bonds. The zero-order valence-electron chi connectivity index (χ0n) is 22.6. The molecule has 35 heavy (non-hydrogen) atoms. The van der Waals surface area contributed by atoms with Gasteiger partial charge in [0.05, 0.1) is 5.41 Å². The average Bonchev–Trinajstić information content (AvgIpc) is 2.81. The molecule has 0 spiro atoms. The minimum atomic E-state index is -1.21. The van der Waals surface area contributed by atoms with Crippen LogP contribution in [-0.4, -0.2) is 55.1 Å². The summed E-state index contributed by atoms with van der Waals surface area (Å²) in [6, 6.07) is 0. The van der Waals surface area contributed by atoms with Gasteiger partial charge >= 0.3 is 18.5 Å². The molecule has 0 aromatic carbocycles. The lowest BCUT2D eigenvalue weighted by Gasteiger charge is -2.28. The standard InChI is InChI=1S/C23H42O12/c1-11-20(4,5)33-30-17(24)27-14-23(10,15-28-18(25)31-34-21(6,7)12-2)16-29-19(26)32-35-22(8,9)13-3/h11-16H2,1-10H3. The Bertz CT molecular complexity index is 583. The lowest BCUT2D eigenvalue weighted by atomic mass is 9.94. The Balaban J connectivity index is 5.00. The zero-order valence-corrected chi connectivity index (χ0v) is 22.6. The van der Waals surface area contributed by atoms with E-state index in [-0.39, 0.29) is 19.8 Å². The second-order valence-electron chi connectivity index (χ2n) is 10.3. The second-order valence-corrected chi connectivity index (χ2v) is 10.3. The third-order valence-electron chi connectivity index (χ3n) is 5.18. The van der Waals surface area contributed by atoms with Crippen LogP contribution in [0, 0.1) is 5.41 Å². The summed E-state index contributed by atoms with van der Waals surface area (Å²) in [5.74, 6) is 0. The summed E-state index contributed by atoms with van der Waals surface area (Å²) in [5, 5.41) is 0. The minimum absolute atomic E-state index is 0.370. The number of ether oxygens (including phenoxy) is 3. The summed E-state index contributed by atoms with van der Waals surface area (Å²) in [6.07, 6.45) is -1.62. The van der Waals surface area contributed by atoms with Crippen molar-refractivity contribution in [2.75, 3.05) is 19.8 Å².